The molecule has 0 atom stereocenters. The van der Waals surface area contributed by atoms with Gasteiger partial charge in [0.05, 0.1) is 17.7 Å². The van der Waals surface area contributed by atoms with Crippen LogP contribution in [0.5, 0.6) is 0 Å². The first kappa shape index (κ1) is 18.5. The lowest BCUT2D eigenvalue weighted by molar-refractivity contribution is -0.385. The molecule has 0 saturated carbocycles. The largest absolute Gasteiger partial charge is 0.320 e. The molecule has 0 aliphatic rings. The van der Waals surface area contributed by atoms with Crippen molar-refractivity contribution in [2.24, 2.45) is 5.10 Å². The van der Waals surface area contributed by atoms with Crippen molar-refractivity contribution >= 4 is 33.7 Å². The number of nitrogens with one attached hydrogen (secondary N) is 1. The molecule has 1 N–H and O–H groups in total. The number of benzene rings is 2. The first-order valence-corrected chi connectivity index (χ1v) is 8.67. The molecule has 2 aromatic carbocycles. The van der Waals surface area contributed by atoms with Crippen molar-refractivity contribution in [2.45, 2.75) is 6.54 Å². The van der Waals surface area contributed by atoms with Crippen LogP contribution in [-0.2, 0) is 6.54 Å². The fraction of sp³-hybridized carbons (Fsp3) is 0.0556. The second-order valence-corrected chi connectivity index (χ2v) is 6.47. The van der Waals surface area contributed by atoms with E-state index in [1.165, 1.54) is 17.1 Å². The molecule has 0 radical (unpaired) electrons. The maximum Gasteiger partial charge on any atom is 0.320 e. The van der Waals surface area contributed by atoms with Gasteiger partial charge in [0.2, 0.25) is 5.69 Å². The fourth-order valence-corrected chi connectivity index (χ4v) is 2.81. The van der Waals surface area contributed by atoms with Crippen LogP contribution in [0.25, 0.3) is 0 Å². The molecule has 1 aromatic heterocycles. The topological polar surface area (TPSA) is 102 Å². The van der Waals surface area contributed by atoms with E-state index in [2.05, 4.69) is 31.6 Å². The van der Waals surface area contributed by atoms with Gasteiger partial charge >= 0.3 is 5.69 Å². The van der Waals surface area contributed by atoms with Crippen LogP contribution in [0.2, 0.25) is 0 Å². The molecule has 0 saturated heterocycles. The summed E-state index contributed by atoms with van der Waals surface area (Å²) in [7, 11) is 0. The van der Waals surface area contributed by atoms with Crippen molar-refractivity contribution in [3.8, 4) is 0 Å². The molecule has 8 nitrogen and oxygen atoms in total. The summed E-state index contributed by atoms with van der Waals surface area (Å²) in [6.45, 7) is 0.293. The Bertz CT molecular complexity index is 1000. The summed E-state index contributed by atoms with van der Waals surface area (Å²) in [5.74, 6) is -0.748. The van der Waals surface area contributed by atoms with Gasteiger partial charge in [-0.15, -0.1) is 0 Å². The Morgan fingerprint density at radius 2 is 2.04 bits per heavy atom. The zero-order valence-electron chi connectivity index (χ0n) is 13.9. The Hall–Kier alpha value is -3.33. The summed E-state index contributed by atoms with van der Waals surface area (Å²) in [5, 5.41) is 19.1. The van der Waals surface area contributed by atoms with Gasteiger partial charge in [-0.25, -0.2) is 5.43 Å². The number of halogens is 1. The Morgan fingerprint density at radius 3 is 2.74 bits per heavy atom. The molecule has 27 heavy (non-hydrogen) atoms. The molecular formula is C18H14BrN5O3. The van der Waals surface area contributed by atoms with Gasteiger partial charge < -0.3 is 0 Å². The van der Waals surface area contributed by atoms with Crippen molar-refractivity contribution in [1.82, 2.24) is 15.2 Å². The smallest absolute Gasteiger partial charge is 0.265 e. The molecular weight excluding hydrogens is 414 g/mol. The summed E-state index contributed by atoms with van der Waals surface area (Å²) >= 11 is 3.37. The van der Waals surface area contributed by atoms with E-state index in [0.717, 1.165) is 15.6 Å². The fourth-order valence-electron chi connectivity index (χ4n) is 2.37. The lowest BCUT2D eigenvalue weighted by atomic mass is 10.2. The highest BCUT2D eigenvalue weighted by Crippen LogP contribution is 2.18. The molecule has 9 heteroatoms. The van der Waals surface area contributed by atoms with Crippen LogP contribution < -0.4 is 5.43 Å². The lowest BCUT2D eigenvalue weighted by Crippen LogP contribution is -2.19. The van der Waals surface area contributed by atoms with Gasteiger partial charge in [-0.05, 0) is 23.3 Å². The van der Waals surface area contributed by atoms with Crippen LogP contribution in [0.3, 0.4) is 0 Å². The summed E-state index contributed by atoms with van der Waals surface area (Å²) in [4.78, 5) is 22.9. The van der Waals surface area contributed by atoms with Gasteiger partial charge in [-0.1, -0.05) is 58.4 Å². The third kappa shape index (κ3) is 4.85. The first-order chi connectivity index (χ1) is 13.0. The number of amides is 1. The average molecular weight is 428 g/mol. The van der Waals surface area contributed by atoms with E-state index < -0.39 is 10.8 Å². The molecule has 3 rings (SSSR count). The second kappa shape index (κ2) is 8.37. The van der Waals surface area contributed by atoms with E-state index in [1.807, 2.05) is 54.6 Å². The van der Waals surface area contributed by atoms with Crippen molar-refractivity contribution in [3.05, 3.63) is 92.2 Å². The number of carbonyl (C=O) groups excluding carboxylic acids is 1. The molecule has 0 unspecified atom stereocenters. The van der Waals surface area contributed by atoms with Crippen LogP contribution in [0.4, 0.5) is 5.69 Å². The minimum Gasteiger partial charge on any atom is -0.265 e. The van der Waals surface area contributed by atoms with Crippen LogP contribution in [0.1, 0.15) is 21.6 Å². The summed E-state index contributed by atoms with van der Waals surface area (Å²) < 4.78 is 2.24. The van der Waals surface area contributed by atoms with Crippen LogP contribution >= 0.6 is 15.9 Å². The van der Waals surface area contributed by atoms with Gasteiger partial charge in [0.25, 0.3) is 5.91 Å². The highest BCUT2D eigenvalue weighted by atomic mass is 79.9. The Labute approximate surface area is 162 Å². The van der Waals surface area contributed by atoms with Gasteiger partial charge in [-0.2, -0.15) is 10.2 Å². The second-order valence-electron chi connectivity index (χ2n) is 5.56. The monoisotopic (exact) mass is 427 g/mol. The number of nitro groups is 1. The lowest BCUT2D eigenvalue weighted by Gasteiger charge is -2.01. The van der Waals surface area contributed by atoms with E-state index in [1.54, 1.807) is 0 Å². The van der Waals surface area contributed by atoms with Crippen molar-refractivity contribution in [2.75, 3.05) is 0 Å². The molecule has 3 aromatic rings. The third-order valence-electron chi connectivity index (χ3n) is 3.57. The molecule has 0 aliphatic carbocycles. The minimum absolute atomic E-state index is 0.291. The summed E-state index contributed by atoms with van der Waals surface area (Å²) in [5.41, 5.74) is 3.27. The van der Waals surface area contributed by atoms with E-state index >= 15 is 0 Å². The first-order valence-electron chi connectivity index (χ1n) is 7.87. The summed E-state index contributed by atoms with van der Waals surface area (Å²) in [6.07, 6.45) is 2.68. The molecule has 1 amide bonds. The van der Waals surface area contributed by atoms with Gasteiger partial charge in [0.1, 0.15) is 6.20 Å². The average Bonchev–Trinajstić information content (AvgIpc) is 3.07. The molecule has 0 aliphatic heterocycles. The predicted molar refractivity (Wildman–Crippen MR) is 104 cm³/mol. The number of nitrogens with zero attached hydrogens (tertiary/aromatic N) is 4. The molecule has 1 heterocycles. The Kier molecular flexibility index (Phi) is 5.72. The minimum atomic E-state index is -0.748. The van der Waals surface area contributed by atoms with Crippen molar-refractivity contribution < 1.29 is 9.72 Å². The maximum absolute atomic E-state index is 12.3. The van der Waals surface area contributed by atoms with Crippen LogP contribution in [0.15, 0.2) is 70.4 Å². The molecule has 0 spiro atoms. The molecule has 136 valence electrons. The number of carbonyl (C=O) groups is 1. The number of rotatable bonds is 6. The number of hydrogen-bond acceptors (Lipinski definition) is 5. The molecule has 0 bridgehead atoms. The summed E-state index contributed by atoms with van der Waals surface area (Å²) in [6, 6.07) is 16.6. The van der Waals surface area contributed by atoms with Gasteiger partial charge in [0.15, 0.2) is 0 Å². The number of hydrazone groups is 1. The third-order valence-corrected chi connectivity index (χ3v) is 4.06. The Balaban J connectivity index is 1.77. The van der Waals surface area contributed by atoms with Crippen molar-refractivity contribution in [1.29, 1.82) is 0 Å². The molecule has 0 fully saturated rings. The number of aromatic nitrogens is 2. The van der Waals surface area contributed by atoms with E-state index in [4.69, 9.17) is 0 Å². The normalized spacial score (nSPS) is 10.9. The van der Waals surface area contributed by atoms with E-state index in [-0.39, 0.29) is 11.4 Å². The predicted octanol–water partition coefficient (Wildman–Crippen LogP) is 3.37. The highest BCUT2D eigenvalue weighted by Gasteiger charge is 2.25. The van der Waals surface area contributed by atoms with E-state index in [9.17, 15) is 14.9 Å². The van der Waals surface area contributed by atoms with E-state index in [0.29, 0.717) is 6.54 Å². The Morgan fingerprint density at radius 1 is 1.26 bits per heavy atom. The van der Waals surface area contributed by atoms with Crippen molar-refractivity contribution in [3.63, 3.8) is 0 Å². The highest BCUT2D eigenvalue weighted by molar-refractivity contribution is 9.10. The van der Waals surface area contributed by atoms with Gasteiger partial charge in [-0.3, -0.25) is 19.6 Å². The van der Waals surface area contributed by atoms with Gasteiger partial charge in [0, 0.05) is 4.47 Å². The standard InChI is InChI=1S/C18H14BrN5O3/c19-15-8-4-7-14(9-15)11-23-12-16(24(26)27)17(22-23)18(25)21-20-10-13-5-2-1-3-6-13/h1-10,12H,11H2,(H,21,25). The maximum atomic E-state index is 12.3. The number of hydrogen-bond donors (Lipinski definition) is 1. The van der Waals surface area contributed by atoms with Crippen LogP contribution in [-0.4, -0.2) is 26.8 Å². The quantitative estimate of drug-likeness (QED) is 0.370. The SMILES string of the molecule is O=C(NN=Cc1ccccc1)c1nn(Cc2cccc(Br)c2)cc1[N+](=O)[O-]. The zero-order valence-corrected chi connectivity index (χ0v) is 15.5. The van der Waals surface area contributed by atoms with Crippen LogP contribution in [0, 0.1) is 10.1 Å². The zero-order chi connectivity index (χ0) is 19.2.